The van der Waals surface area contributed by atoms with Crippen molar-refractivity contribution >= 4 is 17.3 Å². The number of nitro groups is 1. The molecular weight excluding hydrogens is 414 g/mol. The molecule has 31 heavy (non-hydrogen) atoms. The molecule has 0 saturated heterocycles. The van der Waals surface area contributed by atoms with E-state index >= 15 is 0 Å². The van der Waals surface area contributed by atoms with Crippen LogP contribution >= 0.6 is 0 Å². The lowest BCUT2D eigenvalue weighted by Crippen LogP contribution is -3.00. The van der Waals surface area contributed by atoms with Crippen molar-refractivity contribution in [3.05, 3.63) is 99.4 Å². The van der Waals surface area contributed by atoms with Crippen LogP contribution in [0, 0.1) is 10.1 Å². The number of aromatic nitrogens is 1. The van der Waals surface area contributed by atoms with Crippen LogP contribution in [-0.4, -0.2) is 10.8 Å². The number of benzene rings is 2. The Hall–Kier alpha value is -3.25. The smallest absolute Gasteiger partial charge is 0.290 e. The van der Waals surface area contributed by atoms with Gasteiger partial charge in [-0.1, -0.05) is 44.2 Å². The van der Waals surface area contributed by atoms with E-state index in [0.717, 1.165) is 40.8 Å². The summed E-state index contributed by atoms with van der Waals surface area (Å²) in [5, 5.41) is 13.8. The average Bonchev–Trinajstić information content (AvgIpc) is 2.75. The minimum atomic E-state index is -0.400. The quantitative estimate of drug-likeness (QED) is 0.326. The van der Waals surface area contributed by atoms with Crippen LogP contribution in [-0.2, 0) is 30.6 Å². The lowest BCUT2D eigenvalue weighted by atomic mass is 10.0. The van der Waals surface area contributed by atoms with E-state index in [-0.39, 0.29) is 30.5 Å². The number of amides is 1. The molecule has 6 nitrogen and oxygen atoms in total. The molecule has 0 radical (unpaired) electrons. The Morgan fingerprint density at radius 2 is 1.48 bits per heavy atom. The van der Waals surface area contributed by atoms with E-state index in [1.165, 1.54) is 12.1 Å². The summed E-state index contributed by atoms with van der Waals surface area (Å²) in [6, 6.07) is 16.6. The molecule has 1 amide bonds. The first kappa shape index (κ1) is 24.0. The van der Waals surface area contributed by atoms with Crippen LogP contribution in [0.3, 0.4) is 0 Å². The maximum atomic E-state index is 12.6. The summed E-state index contributed by atoms with van der Waals surface area (Å²) in [5.74, 6) is -0.0567. The number of nitro benzene ring substituents is 1. The van der Waals surface area contributed by atoms with Crippen molar-refractivity contribution in [3.8, 4) is 0 Å². The average molecular weight is 440 g/mol. The van der Waals surface area contributed by atoms with Gasteiger partial charge in [0.15, 0.2) is 12.4 Å². The van der Waals surface area contributed by atoms with E-state index in [9.17, 15) is 14.9 Å². The molecule has 3 rings (SSSR count). The van der Waals surface area contributed by atoms with Crippen molar-refractivity contribution in [2.24, 2.45) is 0 Å². The van der Waals surface area contributed by atoms with Crippen LogP contribution in [0.15, 0.2) is 67.0 Å². The van der Waals surface area contributed by atoms with Gasteiger partial charge in [0.1, 0.15) is 0 Å². The van der Waals surface area contributed by atoms with Crippen LogP contribution < -0.4 is 22.3 Å². The Bertz CT molecular complexity index is 1010. The maximum Gasteiger partial charge on any atom is 0.290 e. The second-order valence-electron chi connectivity index (χ2n) is 7.19. The number of anilines is 1. The summed E-state index contributed by atoms with van der Waals surface area (Å²) in [6.07, 6.45) is 6.18. The molecule has 2 aromatic carbocycles. The molecule has 162 valence electrons. The van der Waals surface area contributed by atoms with E-state index in [2.05, 4.69) is 31.3 Å². The molecule has 0 atom stereocenters. The van der Waals surface area contributed by atoms with E-state index in [1.807, 2.05) is 35.2 Å². The number of hydrogen-bond acceptors (Lipinski definition) is 3. The highest BCUT2D eigenvalue weighted by molar-refractivity contribution is 5.91. The fraction of sp³-hybridized carbons (Fsp3) is 0.250. The van der Waals surface area contributed by atoms with E-state index in [4.69, 9.17) is 0 Å². The molecule has 0 unspecified atom stereocenters. The van der Waals surface area contributed by atoms with Gasteiger partial charge in [0.05, 0.1) is 4.92 Å². The first-order valence-corrected chi connectivity index (χ1v) is 10.1. The number of nitrogens with zero attached hydrogens (tertiary/aromatic N) is 2. The fourth-order valence-electron chi connectivity index (χ4n) is 3.43. The molecule has 3 aromatic rings. The maximum absolute atomic E-state index is 12.6. The van der Waals surface area contributed by atoms with Gasteiger partial charge in [0, 0.05) is 30.0 Å². The highest BCUT2D eigenvalue weighted by Crippen LogP contribution is 2.22. The zero-order valence-electron chi connectivity index (χ0n) is 17.7. The second-order valence-corrected chi connectivity index (χ2v) is 7.19. The number of non-ortho nitro benzene ring substituents is 1. The Morgan fingerprint density at radius 3 is 2.00 bits per heavy atom. The standard InChI is InChI=1S/C24H25N3O3.ClH/c1-3-20-6-5-7-21(4-2)24(20)25-23(28)17-26-14-12-19(13-15-26)16-18-8-10-22(11-9-18)27(29)30;/h5-15H,3-4,16-17H2,1-2H3;1H. The molecule has 7 heteroatoms. The summed E-state index contributed by atoms with van der Waals surface area (Å²) >= 11 is 0. The first-order valence-electron chi connectivity index (χ1n) is 10.1. The van der Waals surface area contributed by atoms with Crippen molar-refractivity contribution in [2.75, 3.05) is 5.32 Å². The third kappa shape index (κ3) is 6.36. The third-order valence-corrected chi connectivity index (χ3v) is 5.11. The van der Waals surface area contributed by atoms with Crippen LogP contribution in [0.2, 0.25) is 0 Å². The number of halogens is 1. The summed E-state index contributed by atoms with van der Waals surface area (Å²) < 4.78 is 1.84. The van der Waals surface area contributed by atoms with Gasteiger partial charge in [0.2, 0.25) is 6.54 Å². The van der Waals surface area contributed by atoms with Gasteiger partial charge in [-0.25, -0.2) is 0 Å². The summed E-state index contributed by atoms with van der Waals surface area (Å²) in [7, 11) is 0. The Kier molecular flexibility index (Phi) is 8.70. The number of carbonyl (C=O) groups excluding carboxylic acids is 1. The van der Waals surface area contributed by atoms with Gasteiger partial charge >= 0.3 is 0 Å². The summed E-state index contributed by atoms with van der Waals surface area (Å²) in [4.78, 5) is 22.9. The first-order chi connectivity index (χ1) is 14.5. The lowest BCUT2D eigenvalue weighted by Gasteiger charge is -2.13. The van der Waals surface area contributed by atoms with E-state index in [1.54, 1.807) is 12.1 Å². The summed E-state index contributed by atoms with van der Waals surface area (Å²) in [6.45, 7) is 4.41. The normalized spacial score (nSPS) is 10.3. The van der Waals surface area contributed by atoms with Gasteiger partial charge in [-0.05, 0) is 41.5 Å². The largest absolute Gasteiger partial charge is 1.00 e. The number of para-hydroxylation sites is 1. The SMILES string of the molecule is CCc1cccc(CC)c1NC(=O)C[n+]1ccc(Cc2ccc([N+](=O)[O-])cc2)cc1.[Cl-]. The molecular formula is C24H26ClN3O3. The zero-order chi connectivity index (χ0) is 21.5. The molecule has 0 fully saturated rings. The van der Waals surface area contributed by atoms with Gasteiger partial charge in [-0.2, -0.15) is 4.57 Å². The van der Waals surface area contributed by atoms with Gasteiger partial charge in [0.25, 0.3) is 11.6 Å². The van der Waals surface area contributed by atoms with E-state index in [0.29, 0.717) is 6.42 Å². The Balaban J connectivity index is 0.00000341. The number of pyridine rings is 1. The highest BCUT2D eigenvalue weighted by Gasteiger charge is 2.14. The minimum absolute atomic E-state index is 0. The van der Waals surface area contributed by atoms with Crippen molar-refractivity contribution in [1.29, 1.82) is 0 Å². The van der Waals surface area contributed by atoms with Crippen molar-refractivity contribution in [3.63, 3.8) is 0 Å². The number of nitrogens with one attached hydrogen (secondary N) is 1. The van der Waals surface area contributed by atoms with Gasteiger partial charge in [-0.15, -0.1) is 0 Å². The second kappa shape index (κ2) is 11.2. The molecule has 0 aliphatic heterocycles. The van der Waals surface area contributed by atoms with Crippen LogP contribution in [0.1, 0.15) is 36.1 Å². The molecule has 0 spiro atoms. The molecule has 1 aromatic heterocycles. The molecule has 0 aliphatic carbocycles. The monoisotopic (exact) mass is 439 g/mol. The number of rotatable bonds is 8. The molecule has 0 bridgehead atoms. The number of aryl methyl sites for hydroxylation is 2. The Morgan fingerprint density at radius 1 is 0.935 bits per heavy atom. The van der Waals surface area contributed by atoms with E-state index < -0.39 is 4.92 Å². The topological polar surface area (TPSA) is 76.1 Å². The van der Waals surface area contributed by atoms with Crippen LogP contribution in [0.5, 0.6) is 0 Å². The highest BCUT2D eigenvalue weighted by atomic mass is 35.5. The van der Waals surface area contributed by atoms with Crippen molar-refractivity contribution in [2.45, 2.75) is 39.7 Å². The molecule has 0 aliphatic rings. The number of hydrogen-bond donors (Lipinski definition) is 1. The van der Waals surface area contributed by atoms with Gasteiger partial charge in [-0.3, -0.25) is 14.9 Å². The Labute approximate surface area is 188 Å². The van der Waals surface area contributed by atoms with Crippen molar-refractivity contribution in [1.82, 2.24) is 0 Å². The van der Waals surface area contributed by atoms with Crippen LogP contribution in [0.25, 0.3) is 0 Å². The predicted octanol–water partition coefficient (Wildman–Crippen LogP) is 1.24. The summed E-state index contributed by atoms with van der Waals surface area (Å²) in [5.41, 5.74) is 5.39. The third-order valence-electron chi connectivity index (χ3n) is 5.11. The molecule has 1 N–H and O–H groups in total. The van der Waals surface area contributed by atoms with Gasteiger partial charge < -0.3 is 17.7 Å². The zero-order valence-corrected chi connectivity index (χ0v) is 18.4. The molecule has 1 heterocycles. The fourth-order valence-corrected chi connectivity index (χ4v) is 3.43. The lowest BCUT2D eigenvalue weighted by molar-refractivity contribution is -0.684. The predicted molar refractivity (Wildman–Crippen MR) is 116 cm³/mol. The molecule has 0 saturated carbocycles. The number of carbonyl (C=O) groups is 1. The minimum Gasteiger partial charge on any atom is -1.00 e. The van der Waals surface area contributed by atoms with Crippen LogP contribution in [0.4, 0.5) is 11.4 Å². The van der Waals surface area contributed by atoms with Crippen molar-refractivity contribution < 1.29 is 26.7 Å².